The SMILES string of the molecule is CC1=C(C(=O)O)C(c2ccccc2)N(C)C(=S)N1. The second-order valence-electron chi connectivity index (χ2n) is 4.20. The van der Waals surface area contributed by atoms with Crippen molar-refractivity contribution in [2.24, 2.45) is 0 Å². The number of hydrogen-bond donors (Lipinski definition) is 2. The number of hydrogen-bond acceptors (Lipinski definition) is 2. The van der Waals surface area contributed by atoms with Gasteiger partial charge in [-0.05, 0) is 24.7 Å². The maximum absolute atomic E-state index is 11.4. The number of carbonyl (C=O) groups is 1. The van der Waals surface area contributed by atoms with Crippen LogP contribution < -0.4 is 5.32 Å². The van der Waals surface area contributed by atoms with Gasteiger partial charge in [-0.1, -0.05) is 30.3 Å². The van der Waals surface area contributed by atoms with Crippen LogP contribution in [-0.4, -0.2) is 28.1 Å². The number of thiocarbonyl (C=S) groups is 1. The Balaban J connectivity index is 2.56. The maximum atomic E-state index is 11.4. The summed E-state index contributed by atoms with van der Waals surface area (Å²) in [5.74, 6) is -0.928. The highest BCUT2D eigenvalue weighted by molar-refractivity contribution is 7.80. The molecule has 2 rings (SSSR count). The summed E-state index contributed by atoms with van der Waals surface area (Å²) in [7, 11) is 1.79. The molecular weight excluding hydrogens is 248 g/mol. The normalized spacial score (nSPS) is 19.8. The zero-order valence-electron chi connectivity index (χ0n) is 10.2. The van der Waals surface area contributed by atoms with Gasteiger partial charge in [0.15, 0.2) is 5.11 Å². The van der Waals surface area contributed by atoms with Crippen LogP contribution >= 0.6 is 12.2 Å². The van der Waals surface area contributed by atoms with E-state index in [0.29, 0.717) is 16.4 Å². The lowest BCUT2D eigenvalue weighted by atomic mass is 9.94. The van der Waals surface area contributed by atoms with Gasteiger partial charge in [0.2, 0.25) is 0 Å². The number of benzene rings is 1. The minimum Gasteiger partial charge on any atom is -0.478 e. The molecule has 2 N–H and O–H groups in total. The van der Waals surface area contributed by atoms with E-state index in [4.69, 9.17) is 12.2 Å². The fraction of sp³-hybridized carbons (Fsp3) is 0.231. The van der Waals surface area contributed by atoms with Gasteiger partial charge in [-0.2, -0.15) is 0 Å². The first-order valence-corrected chi connectivity index (χ1v) is 5.96. The van der Waals surface area contributed by atoms with Crippen LogP contribution in [0.2, 0.25) is 0 Å². The van der Waals surface area contributed by atoms with Crippen LogP contribution in [0.15, 0.2) is 41.6 Å². The highest BCUT2D eigenvalue weighted by atomic mass is 32.1. The van der Waals surface area contributed by atoms with Gasteiger partial charge in [0.25, 0.3) is 0 Å². The van der Waals surface area contributed by atoms with E-state index in [2.05, 4.69) is 5.32 Å². The fourth-order valence-electron chi connectivity index (χ4n) is 2.13. The lowest BCUT2D eigenvalue weighted by Gasteiger charge is -2.36. The van der Waals surface area contributed by atoms with Crippen molar-refractivity contribution in [2.75, 3.05) is 7.05 Å². The minimum absolute atomic E-state index is 0.331. The summed E-state index contributed by atoms with van der Waals surface area (Å²) < 4.78 is 0. The lowest BCUT2D eigenvalue weighted by Crippen LogP contribution is -2.46. The molecule has 4 nitrogen and oxygen atoms in total. The molecule has 0 saturated carbocycles. The van der Waals surface area contributed by atoms with Crippen LogP contribution in [0, 0.1) is 0 Å². The molecule has 1 atom stereocenters. The average Bonchev–Trinajstić information content (AvgIpc) is 2.34. The topological polar surface area (TPSA) is 52.6 Å². The summed E-state index contributed by atoms with van der Waals surface area (Å²) in [6.45, 7) is 1.73. The monoisotopic (exact) mass is 262 g/mol. The summed E-state index contributed by atoms with van der Waals surface area (Å²) in [5.41, 5.74) is 1.84. The summed E-state index contributed by atoms with van der Waals surface area (Å²) in [4.78, 5) is 13.2. The molecule has 0 radical (unpaired) electrons. The molecule has 0 saturated heterocycles. The van der Waals surface area contributed by atoms with Crippen molar-refractivity contribution in [3.8, 4) is 0 Å². The van der Waals surface area contributed by atoms with Crippen molar-refractivity contribution in [3.05, 3.63) is 47.2 Å². The van der Waals surface area contributed by atoms with Crippen molar-refractivity contribution in [1.82, 2.24) is 10.2 Å². The molecule has 1 aliphatic rings. The number of carboxylic acid groups (broad SMARTS) is 1. The fourth-order valence-corrected chi connectivity index (χ4v) is 2.39. The Kier molecular flexibility index (Phi) is 3.34. The third-order valence-electron chi connectivity index (χ3n) is 3.03. The Bertz CT molecular complexity index is 525. The number of likely N-dealkylation sites (N-methyl/N-ethyl adjacent to an activating group) is 1. The Hall–Kier alpha value is -1.88. The Morgan fingerprint density at radius 2 is 2.00 bits per heavy atom. The van der Waals surface area contributed by atoms with E-state index in [1.807, 2.05) is 30.3 Å². The number of nitrogens with zero attached hydrogens (tertiary/aromatic N) is 1. The lowest BCUT2D eigenvalue weighted by molar-refractivity contribution is -0.133. The minimum atomic E-state index is -0.928. The number of rotatable bonds is 2. The van der Waals surface area contributed by atoms with Crippen molar-refractivity contribution >= 4 is 23.3 Å². The van der Waals surface area contributed by atoms with Crippen LogP contribution in [0.25, 0.3) is 0 Å². The highest BCUT2D eigenvalue weighted by Gasteiger charge is 2.33. The second kappa shape index (κ2) is 4.78. The first-order chi connectivity index (χ1) is 8.52. The molecule has 0 fully saturated rings. The molecule has 1 aromatic carbocycles. The molecule has 1 aliphatic heterocycles. The molecule has 1 aromatic rings. The molecule has 1 heterocycles. The van der Waals surface area contributed by atoms with Crippen LogP contribution in [0.4, 0.5) is 0 Å². The number of nitrogens with one attached hydrogen (secondary N) is 1. The van der Waals surface area contributed by atoms with E-state index < -0.39 is 5.97 Å². The zero-order chi connectivity index (χ0) is 13.3. The predicted molar refractivity (Wildman–Crippen MR) is 73.0 cm³/mol. The first-order valence-electron chi connectivity index (χ1n) is 5.55. The standard InChI is InChI=1S/C13H14N2O2S/c1-8-10(12(16)17)11(15(2)13(18)14-8)9-6-4-3-5-7-9/h3-7,11H,1-2H3,(H,14,18)(H,16,17). The Morgan fingerprint density at radius 1 is 1.39 bits per heavy atom. The molecule has 0 aromatic heterocycles. The van der Waals surface area contributed by atoms with Gasteiger partial charge in [0.05, 0.1) is 11.6 Å². The molecule has 0 amide bonds. The second-order valence-corrected chi connectivity index (χ2v) is 4.58. The van der Waals surface area contributed by atoms with E-state index in [1.54, 1.807) is 18.9 Å². The van der Waals surface area contributed by atoms with Crippen LogP contribution in [0.1, 0.15) is 18.5 Å². The zero-order valence-corrected chi connectivity index (χ0v) is 11.0. The average molecular weight is 262 g/mol. The highest BCUT2D eigenvalue weighted by Crippen LogP contribution is 2.32. The summed E-state index contributed by atoms with van der Waals surface area (Å²) in [5, 5.41) is 12.8. The predicted octanol–water partition coefficient (Wildman–Crippen LogP) is 1.91. The molecule has 0 aliphatic carbocycles. The van der Waals surface area contributed by atoms with E-state index in [1.165, 1.54) is 0 Å². The van der Waals surface area contributed by atoms with Crippen molar-refractivity contribution in [3.63, 3.8) is 0 Å². The molecule has 1 unspecified atom stereocenters. The van der Waals surface area contributed by atoms with Crippen molar-refractivity contribution < 1.29 is 9.90 Å². The van der Waals surface area contributed by atoms with E-state index in [9.17, 15) is 9.90 Å². The van der Waals surface area contributed by atoms with E-state index in [-0.39, 0.29) is 6.04 Å². The van der Waals surface area contributed by atoms with Gasteiger partial charge >= 0.3 is 5.97 Å². The molecule has 0 bridgehead atoms. The molecule has 18 heavy (non-hydrogen) atoms. The van der Waals surface area contributed by atoms with Crippen molar-refractivity contribution in [1.29, 1.82) is 0 Å². The quantitative estimate of drug-likeness (QED) is 0.797. The van der Waals surface area contributed by atoms with Gasteiger partial charge in [0.1, 0.15) is 0 Å². The van der Waals surface area contributed by atoms with Gasteiger partial charge in [0, 0.05) is 12.7 Å². The first kappa shape index (κ1) is 12.6. The van der Waals surface area contributed by atoms with E-state index in [0.717, 1.165) is 5.56 Å². The van der Waals surface area contributed by atoms with Gasteiger partial charge in [-0.15, -0.1) is 0 Å². The maximum Gasteiger partial charge on any atom is 0.335 e. The third kappa shape index (κ3) is 2.09. The van der Waals surface area contributed by atoms with Crippen LogP contribution in [-0.2, 0) is 4.79 Å². The largest absolute Gasteiger partial charge is 0.478 e. The van der Waals surface area contributed by atoms with Crippen molar-refractivity contribution in [2.45, 2.75) is 13.0 Å². The van der Waals surface area contributed by atoms with Gasteiger partial charge < -0.3 is 15.3 Å². The van der Waals surface area contributed by atoms with Gasteiger partial charge in [-0.3, -0.25) is 0 Å². The molecule has 5 heteroatoms. The van der Waals surface area contributed by atoms with E-state index >= 15 is 0 Å². The number of allylic oxidation sites excluding steroid dienone is 1. The summed E-state index contributed by atoms with van der Waals surface area (Å²) in [6, 6.07) is 9.15. The third-order valence-corrected chi connectivity index (χ3v) is 3.42. The number of carboxylic acids is 1. The van der Waals surface area contributed by atoms with Gasteiger partial charge in [-0.25, -0.2) is 4.79 Å². The molecule has 0 spiro atoms. The van der Waals surface area contributed by atoms with Crippen LogP contribution in [0.3, 0.4) is 0 Å². The van der Waals surface area contributed by atoms with Crippen LogP contribution in [0.5, 0.6) is 0 Å². The summed E-state index contributed by atoms with van der Waals surface area (Å²) >= 11 is 5.21. The molecule has 94 valence electrons. The number of aliphatic carboxylic acids is 1. The Morgan fingerprint density at radius 3 is 2.56 bits per heavy atom. The molecular formula is C13H14N2O2S. The smallest absolute Gasteiger partial charge is 0.335 e. The Labute approximate surface area is 111 Å². The summed E-state index contributed by atoms with van der Waals surface area (Å²) in [6.07, 6.45) is 0.